The summed E-state index contributed by atoms with van der Waals surface area (Å²) in [7, 11) is 0. The highest BCUT2D eigenvalue weighted by atomic mass is 16.2. The van der Waals surface area contributed by atoms with Crippen LogP contribution in [-0.4, -0.2) is 40.9 Å². The highest BCUT2D eigenvalue weighted by Crippen LogP contribution is 2.46. The van der Waals surface area contributed by atoms with Crippen molar-refractivity contribution in [3.63, 3.8) is 0 Å². The summed E-state index contributed by atoms with van der Waals surface area (Å²) < 4.78 is 0. The monoisotopic (exact) mass is 337 g/mol. The smallest absolute Gasteiger partial charge is 0.325 e. The second-order valence-corrected chi connectivity index (χ2v) is 8.34. The van der Waals surface area contributed by atoms with E-state index >= 15 is 0 Å². The molecule has 2 fully saturated rings. The van der Waals surface area contributed by atoms with E-state index in [9.17, 15) is 14.4 Å². The molecule has 24 heavy (non-hydrogen) atoms. The Balaban J connectivity index is 2.10. The summed E-state index contributed by atoms with van der Waals surface area (Å²) in [5, 5.41) is 5.79. The van der Waals surface area contributed by atoms with Gasteiger partial charge in [0, 0.05) is 6.04 Å². The van der Waals surface area contributed by atoms with Crippen molar-refractivity contribution in [2.24, 2.45) is 11.3 Å². The van der Waals surface area contributed by atoms with Gasteiger partial charge in [0.1, 0.15) is 12.1 Å². The Morgan fingerprint density at radius 2 is 1.92 bits per heavy atom. The molecule has 1 saturated carbocycles. The minimum Gasteiger partial charge on any atom is -0.352 e. The molecule has 0 aromatic rings. The number of amides is 4. The zero-order chi connectivity index (χ0) is 18.1. The lowest BCUT2D eigenvalue weighted by molar-refractivity contribution is -0.137. The molecule has 0 unspecified atom stereocenters. The molecule has 1 saturated heterocycles. The maximum atomic E-state index is 12.9. The van der Waals surface area contributed by atoms with E-state index in [1.165, 1.54) is 0 Å². The van der Waals surface area contributed by atoms with Crippen LogP contribution >= 0.6 is 0 Å². The van der Waals surface area contributed by atoms with Gasteiger partial charge in [-0.15, -0.1) is 0 Å². The maximum absolute atomic E-state index is 12.9. The number of hydrogen-bond acceptors (Lipinski definition) is 3. The van der Waals surface area contributed by atoms with Crippen LogP contribution in [0, 0.1) is 11.3 Å². The molecule has 2 N–H and O–H groups in total. The summed E-state index contributed by atoms with van der Waals surface area (Å²) in [5.41, 5.74) is -0.845. The van der Waals surface area contributed by atoms with Crippen molar-refractivity contribution in [2.75, 3.05) is 6.54 Å². The largest absolute Gasteiger partial charge is 0.352 e. The molecule has 136 valence electrons. The van der Waals surface area contributed by atoms with Crippen LogP contribution < -0.4 is 10.6 Å². The molecule has 1 aliphatic heterocycles. The summed E-state index contributed by atoms with van der Waals surface area (Å²) in [4.78, 5) is 38.6. The number of rotatable bonds is 5. The van der Waals surface area contributed by atoms with Crippen LogP contribution in [0.4, 0.5) is 4.79 Å². The first-order chi connectivity index (χ1) is 11.1. The molecule has 0 aromatic carbocycles. The van der Waals surface area contributed by atoms with Crippen LogP contribution in [0.1, 0.15) is 66.7 Å². The Labute approximate surface area is 144 Å². The first-order valence-electron chi connectivity index (χ1n) is 9.06. The van der Waals surface area contributed by atoms with Gasteiger partial charge in [-0.2, -0.15) is 0 Å². The molecule has 0 bridgehead atoms. The first kappa shape index (κ1) is 18.7. The normalized spacial score (nSPS) is 29.2. The number of urea groups is 1. The van der Waals surface area contributed by atoms with Crippen molar-refractivity contribution < 1.29 is 14.4 Å². The average Bonchev–Trinajstić information content (AvgIpc) is 2.66. The van der Waals surface area contributed by atoms with Crippen LogP contribution in [-0.2, 0) is 9.59 Å². The lowest BCUT2D eigenvalue weighted by Crippen LogP contribution is -2.54. The maximum Gasteiger partial charge on any atom is 0.325 e. The van der Waals surface area contributed by atoms with Gasteiger partial charge in [-0.3, -0.25) is 14.5 Å². The lowest BCUT2D eigenvalue weighted by Gasteiger charge is -2.43. The fraction of sp³-hybridized carbons (Fsp3) is 0.833. The van der Waals surface area contributed by atoms with E-state index in [1.807, 2.05) is 13.8 Å². The summed E-state index contributed by atoms with van der Waals surface area (Å²) in [6, 6.07) is -0.356. The molecule has 2 atom stereocenters. The summed E-state index contributed by atoms with van der Waals surface area (Å²) in [6.07, 6.45) is 3.97. The average molecular weight is 337 g/mol. The number of hydrogen-bond donors (Lipinski definition) is 2. The molecule has 2 rings (SSSR count). The topological polar surface area (TPSA) is 78.5 Å². The van der Waals surface area contributed by atoms with Gasteiger partial charge in [0.15, 0.2) is 0 Å². The predicted octanol–water partition coefficient (Wildman–Crippen LogP) is 2.43. The number of carbonyl (C=O) groups is 3. The molecule has 0 radical (unpaired) electrons. The van der Waals surface area contributed by atoms with Gasteiger partial charge in [0.2, 0.25) is 5.91 Å². The van der Waals surface area contributed by atoms with Crippen LogP contribution in [0.25, 0.3) is 0 Å². The van der Waals surface area contributed by atoms with E-state index in [4.69, 9.17) is 0 Å². The predicted molar refractivity (Wildman–Crippen MR) is 92.3 cm³/mol. The SMILES string of the molecule is CCC(CC)NC(=O)CN1C(=O)N[C@@]2(C[C@H](C)CC(C)(C)C2)C1=O. The van der Waals surface area contributed by atoms with Crippen molar-refractivity contribution in [1.82, 2.24) is 15.5 Å². The molecular weight excluding hydrogens is 306 g/mol. The molecular formula is C18H31N3O3. The minimum absolute atomic E-state index is 0.00556. The third kappa shape index (κ3) is 3.73. The van der Waals surface area contributed by atoms with E-state index in [1.54, 1.807) is 0 Å². The number of carbonyl (C=O) groups excluding carboxylic acids is 3. The quantitative estimate of drug-likeness (QED) is 0.756. The Bertz CT molecular complexity index is 528. The van der Waals surface area contributed by atoms with E-state index in [2.05, 4.69) is 31.4 Å². The van der Waals surface area contributed by atoms with E-state index in [0.717, 1.165) is 24.2 Å². The Morgan fingerprint density at radius 1 is 1.29 bits per heavy atom. The van der Waals surface area contributed by atoms with Gasteiger partial charge in [-0.25, -0.2) is 4.79 Å². The standard InChI is InChI=1S/C18H31N3O3/c1-6-13(7-2)19-14(22)10-21-15(23)18(20-16(21)24)9-12(3)8-17(4,5)11-18/h12-13H,6-11H2,1-5H3,(H,19,22)(H,20,24)/t12-,18-/m1/s1. The minimum atomic E-state index is -0.840. The van der Waals surface area contributed by atoms with Crippen LogP contribution in [0.15, 0.2) is 0 Å². The summed E-state index contributed by atoms with van der Waals surface area (Å²) in [5.74, 6) is -0.157. The highest BCUT2D eigenvalue weighted by molar-refractivity contribution is 6.09. The van der Waals surface area contributed by atoms with Crippen molar-refractivity contribution >= 4 is 17.8 Å². The first-order valence-corrected chi connectivity index (χ1v) is 9.06. The fourth-order valence-electron chi connectivity index (χ4n) is 4.56. The second kappa shape index (κ2) is 6.73. The van der Waals surface area contributed by atoms with Gasteiger partial charge in [-0.1, -0.05) is 34.6 Å². The third-order valence-corrected chi connectivity index (χ3v) is 5.28. The molecule has 1 spiro atoms. The Morgan fingerprint density at radius 3 is 2.46 bits per heavy atom. The van der Waals surface area contributed by atoms with E-state index in [-0.39, 0.29) is 29.8 Å². The zero-order valence-electron chi connectivity index (χ0n) is 15.6. The van der Waals surface area contributed by atoms with Crippen LogP contribution in [0.3, 0.4) is 0 Å². The Hall–Kier alpha value is -1.59. The number of nitrogens with one attached hydrogen (secondary N) is 2. The zero-order valence-corrected chi connectivity index (χ0v) is 15.6. The van der Waals surface area contributed by atoms with Crippen LogP contribution in [0.2, 0.25) is 0 Å². The van der Waals surface area contributed by atoms with Gasteiger partial charge >= 0.3 is 6.03 Å². The number of nitrogens with zero attached hydrogens (tertiary/aromatic N) is 1. The molecule has 4 amide bonds. The van der Waals surface area contributed by atoms with Crippen molar-refractivity contribution in [3.8, 4) is 0 Å². The molecule has 2 aliphatic rings. The molecule has 6 nitrogen and oxygen atoms in total. The fourth-order valence-corrected chi connectivity index (χ4v) is 4.56. The molecule has 6 heteroatoms. The van der Waals surface area contributed by atoms with Gasteiger partial charge in [0.05, 0.1) is 0 Å². The third-order valence-electron chi connectivity index (χ3n) is 5.28. The highest BCUT2D eigenvalue weighted by Gasteiger charge is 2.56. The number of imide groups is 1. The second-order valence-electron chi connectivity index (χ2n) is 8.34. The molecule has 1 aliphatic carbocycles. The van der Waals surface area contributed by atoms with Crippen LogP contribution in [0.5, 0.6) is 0 Å². The van der Waals surface area contributed by atoms with Gasteiger partial charge < -0.3 is 10.6 Å². The van der Waals surface area contributed by atoms with Gasteiger partial charge in [-0.05, 0) is 43.4 Å². The summed E-state index contributed by atoms with van der Waals surface area (Å²) in [6.45, 7) is 10.2. The van der Waals surface area contributed by atoms with Crippen molar-refractivity contribution in [2.45, 2.75) is 78.3 Å². The van der Waals surface area contributed by atoms with E-state index in [0.29, 0.717) is 18.8 Å². The molecule has 0 aromatic heterocycles. The van der Waals surface area contributed by atoms with Crippen molar-refractivity contribution in [3.05, 3.63) is 0 Å². The Kier molecular flexibility index (Phi) is 5.25. The lowest BCUT2D eigenvalue weighted by atomic mass is 9.64. The summed E-state index contributed by atoms with van der Waals surface area (Å²) >= 11 is 0. The van der Waals surface area contributed by atoms with E-state index < -0.39 is 11.6 Å². The van der Waals surface area contributed by atoms with Gasteiger partial charge in [0.25, 0.3) is 5.91 Å². The van der Waals surface area contributed by atoms with Crippen molar-refractivity contribution in [1.29, 1.82) is 0 Å². The molecule has 1 heterocycles.